The van der Waals surface area contributed by atoms with Gasteiger partial charge in [-0.05, 0) is 18.9 Å². The SMILES string of the molecule is CNC(CSC)c1cccc2c1OCC2. The highest BCUT2D eigenvalue weighted by atomic mass is 32.2. The maximum Gasteiger partial charge on any atom is 0.127 e. The minimum Gasteiger partial charge on any atom is -0.493 e. The number of hydrogen-bond donors (Lipinski definition) is 1. The lowest BCUT2D eigenvalue weighted by molar-refractivity contribution is 0.350. The van der Waals surface area contributed by atoms with Crippen LogP contribution in [-0.4, -0.2) is 25.7 Å². The molecule has 0 aliphatic carbocycles. The third-order valence-corrected chi connectivity index (χ3v) is 3.47. The molecule has 2 rings (SSSR count). The molecule has 1 atom stereocenters. The van der Waals surface area contributed by atoms with Gasteiger partial charge < -0.3 is 10.1 Å². The van der Waals surface area contributed by atoms with Gasteiger partial charge in [-0.1, -0.05) is 18.2 Å². The molecule has 3 heteroatoms. The first kappa shape index (κ1) is 10.8. The summed E-state index contributed by atoms with van der Waals surface area (Å²) in [6.45, 7) is 0.835. The molecule has 1 aliphatic rings. The molecule has 1 aliphatic heterocycles. The monoisotopic (exact) mass is 223 g/mol. The van der Waals surface area contributed by atoms with Crippen LogP contribution in [0.5, 0.6) is 5.75 Å². The average Bonchev–Trinajstić information content (AvgIpc) is 2.73. The second kappa shape index (κ2) is 4.90. The number of fused-ring (bicyclic) bond motifs is 1. The van der Waals surface area contributed by atoms with Crippen molar-refractivity contribution in [2.75, 3.05) is 25.7 Å². The third kappa shape index (κ3) is 2.13. The zero-order valence-electron chi connectivity index (χ0n) is 9.25. The highest BCUT2D eigenvalue weighted by Gasteiger charge is 2.20. The van der Waals surface area contributed by atoms with Crippen molar-refractivity contribution in [2.24, 2.45) is 0 Å². The molecule has 0 fully saturated rings. The molecule has 2 nitrogen and oxygen atoms in total. The van der Waals surface area contributed by atoms with Gasteiger partial charge in [0.1, 0.15) is 5.75 Å². The van der Waals surface area contributed by atoms with Gasteiger partial charge in [0, 0.05) is 23.8 Å². The Hall–Kier alpha value is -0.670. The summed E-state index contributed by atoms with van der Waals surface area (Å²) < 4.78 is 5.71. The zero-order valence-corrected chi connectivity index (χ0v) is 10.1. The van der Waals surface area contributed by atoms with E-state index in [1.54, 1.807) is 0 Å². The molecule has 0 saturated carbocycles. The summed E-state index contributed by atoms with van der Waals surface area (Å²) in [4.78, 5) is 0. The molecular formula is C12H17NOS. The molecule has 0 aromatic heterocycles. The Morgan fingerprint density at radius 3 is 3.13 bits per heavy atom. The van der Waals surface area contributed by atoms with Gasteiger partial charge in [-0.15, -0.1) is 0 Å². The highest BCUT2D eigenvalue weighted by Crippen LogP contribution is 2.34. The van der Waals surface area contributed by atoms with E-state index < -0.39 is 0 Å². The fourth-order valence-electron chi connectivity index (χ4n) is 2.01. The van der Waals surface area contributed by atoms with E-state index >= 15 is 0 Å². The van der Waals surface area contributed by atoms with Crippen LogP contribution in [-0.2, 0) is 6.42 Å². The molecule has 82 valence electrons. The largest absolute Gasteiger partial charge is 0.493 e. The normalized spacial score (nSPS) is 15.9. The number of para-hydroxylation sites is 1. The molecule has 1 unspecified atom stereocenters. The smallest absolute Gasteiger partial charge is 0.127 e. The van der Waals surface area contributed by atoms with Crippen LogP contribution in [0, 0.1) is 0 Å². The van der Waals surface area contributed by atoms with E-state index in [-0.39, 0.29) is 0 Å². The summed E-state index contributed by atoms with van der Waals surface area (Å²) in [5.74, 6) is 2.20. The molecule has 1 aromatic carbocycles. The maximum atomic E-state index is 5.71. The Bertz CT molecular complexity index is 340. The maximum absolute atomic E-state index is 5.71. The first-order valence-electron chi connectivity index (χ1n) is 5.27. The van der Waals surface area contributed by atoms with Crippen molar-refractivity contribution >= 4 is 11.8 Å². The number of ether oxygens (including phenoxy) is 1. The van der Waals surface area contributed by atoms with E-state index in [0.29, 0.717) is 6.04 Å². The van der Waals surface area contributed by atoms with E-state index in [9.17, 15) is 0 Å². The van der Waals surface area contributed by atoms with Crippen LogP contribution in [0.25, 0.3) is 0 Å². The van der Waals surface area contributed by atoms with Gasteiger partial charge in [-0.3, -0.25) is 0 Å². The second-order valence-electron chi connectivity index (χ2n) is 3.73. The van der Waals surface area contributed by atoms with E-state index in [4.69, 9.17) is 4.74 Å². The number of thioether (sulfide) groups is 1. The first-order valence-corrected chi connectivity index (χ1v) is 6.67. The van der Waals surface area contributed by atoms with Crippen LogP contribution < -0.4 is 10.1 Å². The van der Waals surface area contributed by atoms with Gasteiger partial charge in [-0.25, -0.2) is 0 Å². The minimum absolute atomic E-state index is 0.396. The van der Waals surface area contributed by atoms with E-state index in [1.807, 2.05) is 18.8 Å². The molecule has 0 amide bonds. The van der Waals surface area contributed by atoms with Crippen molar-refractivity contribution in [3.8, 4) is 5.75 Å². The Labute approximate surface area is 95.4 Å². The average molecular weight is 223 g/mol. The van der Waals surface area contributed by atoms with Crippen LogP contribution in [0.3, 0.4) is 0 Å². The Balaban J connectivity index is 2.30. The van der Waals surface area contributed by atoms with Crippen LogP contribution in [0.15, 0.2) is 18.2 Å². The molecule has 15 heavy (non-hydrogen) atoms. The highest BCUT2D eigenvalue weighted by molar-refractivity contribution is 7.98. The summed E-state index contributed by atoms with van der Waals surface area (Å²) in [6, 6.07) is 6.86. The number of hydrogen-bond acceptors (Lipinski definition) is 3. The fraction of sp³-hybridized carbons (Fsp3) is 0.500. The van der Waals surface area contributed by atoms with Crippen LogP contribution in [0.4, 0.5) is 0 Å². The third-order valence-electron chi connectivity index (χ3n) is 2.80. The lowest BCUT2D eigenvalue weighted by atomic mass is 10.0. The molecule has 1 heterocycles. The zero-order chi connectivity index (χ0) is 10.7. The van der Waals surface area contributed by atoms with Crippen molar-refractivity contribution in [3.63, 3.8) is 0 Å². The van der Waals surface area contributed by atoms with Crippen molar-refractivity contribution in [3.05, 3.63) is 29.3 Å². The van der Waals surface area contributed by atoms with Gasteiger partial charge in [0.2, 0.25) is 0 Å². The van der Waals surface area contributed by atoms with Gasteiger partial charge >= 0.3 is 0 Å². The first-order chi connectivity index (χ1) is 7.36. The Kier molecular flexibility index (Phi) is 3.54. The summed E-state index contributed by atoms with van der Waals surface area (Å²) in [7, 11) is 2.01. The second-order valence-corrected chi connectivity index (χ2v) is 4.64. The lowest BCUT2D eigenvalue weighted by Gasteiger charge is -2.18. The van der Waals surface area contributed by atoms with Crippen molar-refractivity contribution in [1.29, 1.82) is 0 Å². The minimum atomic E-state index is 0.396. The molecule has 0 radical (unpaired) electrons. The van der Waals surface area contributed by atoms with E-state index in [1.165, 1.54) is 11.1 Å². The van der Waals surface area contributed by atoms with Crippen molar-refractivity contribution < 1.29 is 4.74 Å². The van der Waals surface area contributed by atoms with Crippen LogP contribution >= 0.6 is 11.8 Å². The van der Waals surface area contributed by atoms with Gasteiger partial charge in [0.25, 0.3) is 0 Å². The van der Waals surface area contributed by atoms with Crippen LogP contribution in [0.2, 0.25) is 0 Å². The predicted octanol–water partition coefficient (Wildman–Crippen LogP) is 2.25. The molecule has 0 spiro atoms. The van der Waals surface area contributed by atoms with E-state index in [2.05, 4.69) is 29.8 Å². The van der Waals surface area contributed by atoms with Crippen molar-refractivity contribution in [1.82, 2.24) is 5.32 Å². The Morgan fingerprint density at radius 2 is 2.40 bits per heavy atom. The van der Waals surface area contributed by atoms with Gasteiger partial charge in [-0.2, -0.15) is 11.8 Å². The van der Waals surface area contributed by atoms with Gasteiger partial charge in [0.15, 0.2) is 0 Å². The van der Waals surface area contributed by atoms with Crippen molar-refractivity contribution in [2.45, 2.75) is 12.5 Å². The topological polar surface area (TPSA) is 21.3 Å². The summed E-state index contributed by atoms with van der Waals surface area (Å²) >= 11 is 1.86. The lowest BCUT2D eigenvalue weighted by Crippen LogP contribution is -2.19. The molecule has 0 bridgehead atoms. The Morgan fingerprint density at radius 1 is 1.53 bits per heavy atom. The number of rotatable bonds is 4. The van der Waals surface area contributed by atoms with Gasteiger partial charge in [0.05, 0.1) is 6.61 Å². The standard InChI is InChI=1S/C12H17NOS/c1-13-11(8-15-2)10-5-3-4-9-6-7-14-12(9)10/h3-5,11,13H,6-8H2,1-2H3. The summed E-state index contributed by atoms with van der Waals surface area (Å²) in [6.07, 6.45) is 3.19. The predicted molar refractivity (Wildman–Crippen MR) is 65.8 cm³/mol. The number of benzene rings is 1. The summed E-state index contributed by atoms with van der Waals surface area (Å²) in [5, 5.41) is 3.35. The summed E-state index contributed by atoms with van der Waals surface area (Å²) in [5.41, 5.74) is 2.66. The molecule has 1 N–H and O–H groups in total. The molecule has 0 saturated heterocycles. The number of nitrogens with one attached hydrogen (secondary N) is 1. The van der Waals surface area contributed by atoms with Crippen LogP contribution in [0.1, 0.15) is 17.2 Å². The molecule has 1 aromatic rings. The quantitative estimate of drug-likeness (QED) is 0.846. The fourth-order valence-corrected chi connectivity index (χ4v) is 2.69. The van der Waals surface area contributed by atoms with E-state index in [0.717, 1.165) is 24.5 Å². The molecular weight excluding hydrogens is 206 g/mol.